The third kappa shape index (κ3) is 3.69. The van der Waals surface area contributed by atoms with Crippen LogP contribution >= 0.6 is 0 Å². The van der Waals surface area contributed by atoms with Gasteiger partial charge in [0.15, 0.2) is 6.19 Å². The van der Waals surface area contributed by atoms with Crippen LogP contribution in [-0.2, 0) is 6.42 Å². The molecule has 2 aromatic rings. The lowest BCUT2D eigenvalue weighted by Crippen LogP contribution is -2.21. The first-order chi connectivity index (χ1) is 9.69. The molecule has 5 heteroatoms. The van der Waals surface area contributed by atoms with Crippen molar-refractivity contribution in [3.05, 3.63) is 47.8 Å². The molecule has 2 rings (SSSR count). The Balaban J connectivity index is 1.99. The molecule has 0 saturated carbocycles. The second-order valence-electron chi connectivity index (χ2n) is 4.66. The van der Waals surface area contributed by atoms with Crippen LogP contribution in [0.15, 0.2) is 36.7 Å². The van der Waals surface area contributed by atoms with Crippen LogP contribution in [0.5, 0.6) is 0 Å². The van der Waals surface area contributed by atoms with E-state index in [0.717, 1.165) is 18.8 Å². The predicted molar refractivity (Wildman–Crippen MR) is 79.4 cm³/mol. The second kappa shape index (κ2) is 6.53. The Hall–Kier alpha value is -2.61. The zero-order valence-corrected chi connectivity index (χ0v) is 11.7. The summed E-state index contributed by atoms with van der Waals surface area (Å²) in [5.74, 6) is 1.31. The summed E-state index contributed by atoms with van der Waals surface area (Å²) in [5.41, 5.74) is 2.58. The molecule has 1 aromatic heterocycles. The van der Waals surface area contributed by atoms with Crippen molar-refractivity contribution in [2.24, 2.45) is 0 Å². The Morgan fingerprint density at radius 2 is 2.15 bits per heavy atom. The molecule has 0 fully saturated rings. The van der Waals surface area contributed by atoms with Gasteiger partial charge in [0.2, 0.25) is 0 Å². The summed E-state index contributed by atoms with van der Waals surface area (Å²) in [6.07, 6.45) is 4.26. The summed E-state index contributed by atoms with van der Waals surface area (Å²) >= 11 is 0. The summed E-state index contributed by atoms with van der Waals surface area (Å²) in [6.45, 7) is 2.95. The van der Waals surface area contributed by atoms with Crippen molar-refractivity contribution in [2.75, 3.05) is 23.8 Å². The van der Waals surface area contributed by atoms with Gasteiger partial charge >= 0.3 is 0 Å². The fourth-order valence-electron chi connectivity index (χ4n) is 1.96. The molecule has 5 nitrogen and oxygen atoms in total. The average Bonchev–Trinajstić information content (AvgIpc) is 2.45. The largest absolute Gasteiger partial charge is 0.359 e. The quantitative estimate of drug-likeness (QED) is 0.665. The van der Waals surface area contributed by atoms with Gasteiger partial charge in [0, 0.05) is 19.7 Å². The Kier molecular flexibility index (Phi) is 4.51. The van der Waals surface area contributed by atoms with Crippen LogP contribution in [-0.4, -0.2) is 23.6 Å². The van der Waals surface area contributed by atoms with Gasteiger partial charge < -0.3 is 4.90 Å². The Labute approximate surface area is 118 Å². The van der Waals surface area contributed by atoms with E-state index in [9.17, 15) is 0 Å². The van der Waals surface area contributed by atoms with E-state index in [1.54, 1.807) is 6.07 Å². The smallest absolute Gasteiger partial charge is 0.182 e. The van der Waals surface area contributed by atoms with Crippen molar-refractivity contribution in [1.29, 1.82) is 5.26 Å². The normalized spacial score (nSPS) is 9.85. The number of aromatic nitrogens is 2. The first-order valence-electron chi connectivity index (χ1n) is 6.43. The number of likely N-dealkylation sites (N-methyl/N-ethyl adjacent to an activating group) is 1. The third-order valence-corrected chi connectivity index (χ3v) is 3.05. The van der Waals surface area contributed by atoms with Gasteiger partial charge in [0.1, 0.15) is 18.0 Å². The van der Waals surface area contributed by atoms with Crippen molar-refractivity contribution in [1.82, 2.24) is 9.97 Å². The molecule has 0 amide bonds. The van der Waals surface area contributed by atoms with Crippen molar-refractivity contribution >= 4 is 11.6 Å². The highest BCUT2D eigenvalue weighted by Crippen LogP contribution is 2.13. The SMILES string of the molecule is Cc1cccc(CCN(C)c2cc(NC#N)ncn2)c1. The molecule has 0 unspecified atom stereocenters. The van der Waals surface area contributed by atoms with Gasteiger partial charge in [0.05, 0.1) is 0 Å². The topological polar surface area (TPSA) is 64.8 Å². The van der Waals surface area contributed by atoms with Crippen molar-refractivity contribution < 1.29 is 0 Å². The fraction of sp³-hybridized carbons (Fsp3) is 0.267. The zero-order chi connectivity index (χ0) is 14.4. The Bertz CT molecular complexity index is 618. The molecule has 0 radical (unpaired) electrons. The van der Waals surface area contributed by atoms with Gasteiger partial charge in [0.25, 0.3) is 0 Å². The lowest BCUT2D eigenvalue weighted by molar-refractivity contribution is 0.855. The van der Waals surface area contributed by atoms with Crippen molar-refractivity contribution in [3.63, 3.8) is 0 Å². The van der Waals surface area contributed by atoms with E-state index in [2.05, 4.69) is 46.5 Å². The molecular weight excluding hydrogens is 250 g/mol. The minimum Gasteiger partial charge on any atom is -0.359 e. The van der Waals surface area contributed by atoms with E-state index in [1.165, 1.54) is 17.5 Å². The molecule has 0 aliphatic heterocycles. The van der Waals surface area contributed by atoms with E-state index in [-0.39, 0.29) is 0 Å². The fourth-order valence-corrected chi connectivity index (χ4v) is 1.96. The molecule has 0 bridgehead atoms. The van der Waals surface area contributed by atoms with Crippen LogP contribution < -0.4 is 10.2 Å². The van der Waals surface area contributed by atoms with E-state index >= 15 is 0 Å². The molecule has 0 spiro atoms. The minimum atomic E-state index is 0.514. The molecule has 0 aliphatic rings. The number of anilines is 2. The van der Waals surface area contributed by atoms with Gasteiger partial charge in [-0.3, -0.25) is 5.32 Å². The second-order valence-corrected chi connectivity index (χ2v) is 4.66. The number of benzene rings is 1. The minimum absolute atomic E-state index is 0.514. The van der Waals surface area contributed by atoms with E-state index in [1.807, 2.05) is 18.1 Å². The number of hydrogen-bond acceptors (Lipinski definition) is 5. The first kappa shape index (κ1) is 13.8. The molecule has 102 valence electrons. The van der Waals surface area contributed by atoms with Gasteiger partial charge in [-0.25, -0.2) is 9.97 Å². The van der Waals surface area contributed by atoms with E-state index < -0.39 is 0 Å². The maximum Gasteiger partial charge on any atom is 0.182 e. The average molecular weight is 267 g/mol. The maximum absolute atomic E-state index is 8.59. The van der Waals surface area contributed by atoms with Crippen LogP contribution in [0.2, 0.25) is 0 Å². The van der Waals surface area contributed by atoms with Gasteiger partial charge in [-0.1, -0.05) is 29.8 Å². The van der Waals surface area contributed by atoms with Gasteiger partial charge in [-0.05, 0) is 18.9 Å². The third-order valence-electron chi connectivity index (χ3n) is 3.05. The molecule has 20 heavy (non-hydrogen) atoms. The standard InChI is InChI=1S/C15H17N5/c1-12-4-3-5-13(8-12)6-7-20(2)15-9-14(17-10-16)18-11-19-15/h3-5,8-9,11H,6-7H2,1-2H3,(H,17,18,19). The monoisotopic (exact) mass is 267 g/mol. The lowest BCUT2D eigenvalue weighted by atomic mass is 10.1. The molecule has 0 saturated heterocycles. The van der Waals surface area contributed by atoms with Crippen molar-refractivity contribution in [2.45, 2.75) is 13.3 Å². The lowest BCUT2D eigenvalue weighted by Gasteiger charge is -2.18. The van der Waals surface area contributed by atoms with E-state index in [4.69, 9.17) is 5.26 Å². The zero-order valence-electron chi connectivity index (χ0n) is 11.7. The molecule has 1 heterocycles. The highest BCUT2D eigenvalue weighted by Gasteiger charge is 2.04. The highest BCUT2D eigenvalue weighted by atomic mass is 15.2. The number of aryl methyl sites for hydroxylation is 1. The first-order valence-corrected chi connectivity index (χ1v) is 6.43. The number of nitrogens with zero attached hydrogens (tertiary/aromatic N) is 4. The predicted octanol–water partition coefficient (Wildman–Crippen LogP) is 2.36. The number of hydrogen-bond donors (Lipinski definition) is 1. The van der Waals surface area contributed by atoms with E-state index in [0.29, 0.717) is 5.82 Å². The van der Waals surface area contributed by atoms with Crippen LogP contribution in [0.25, 0.3) is 0 Å². The summed E-state index contributed by atoms with van der Waals surface area (Å²) in [7, 11) is 1.98. The summed E-state index contributed by atoms with van der Waals surface area (Å²) in [6, 6.07) is 10.3. The van der Waals surface area contributed by atoms with Crippen LogP contribution in [0.3, 0.4) is 0 Å². The summed E-state index contributed by atoms with van der Waals surface area (Å²) in [4.78, 5) is 10.2. The Morgan fingerprint density at radius 1 is 1.30 bits per heavy atom. The molecule has 1 aromatic carbocycles. The number of nitrogens with one attached hydrogen (secondary N) is 1. The molecule has 1 N–H and O–H groups in total. The highest BCUT2D eigenvalue weighted by molar-refractivity contribution is 5.49. The maximum atomic E-state index is 8.59. The van der Waals surface area contributed by atoms with Gasteiger partial charge in [-0.15, -0.1) is 0 Å². The van der Waals surface area contributed by atoms with Crippen LogP contribution in [0, 0.1) is 18.4 Å². The molecule has 0 aliphatic carbocycles. The summed E-state index contributed by atoms with van der Waals surface area (Å²) in [5, 5.41) is 11.1. The Morgan fingerprint density at radius 3 is 2.90 bits per heavy atom. The number of rotatable bonds is 5. The molecular formula is C15H17N5. The van der Waals surface area contributed by atoms with Gasteiger partial charge in [-0.2, -0.15) is 5.26 Å². The molecule has 0 atom stereocenters. The van der Waals surface area contributed by atoms with Crippen LogP contribution in [0.4, 0.5) is 11.6 Å². The summed E-state index contributed by atoms with van der Waals surface area (Å²) < 4.78 is 0. The van der Waals surface area contributed by atoms with Crippen molar-refractivity contribution in [3.8, 4) is 6.19 Å². The van der Waals surface area contributed by atoms with Crippen LogP contribution in [0.1, 0.15) is 11.1 Å². The number of nitriles is 1.